The van der Waals surface area contributed by atoms with Gasteiger partial charge in [-0.25, -0.2) is 4.98 Å². The van der Waals surface area contributed by atoms with Gasteiger partial charge in [0.05, 0.1) is 10.7 Å². The maximum absolute atomic E-state index is 5.88. The van der Waals surface area contributed by atoms with Crippen LogP contribution in [-0.2, 0) is 6.54 Å². The van der Waals surface area contributed by atoms with Gasteiger partial charge < -0.3 is 5.73 Å². The number of hydrogen-bond donors (Lipinski definition) is 1. The first-order valence-electron chi connectivity index (χ1n) is 6.02. The quantitative estimate of drug-likeness (QED) is 0.854. The van der Waals surface area contributed by atoms with Crippen LogP contribution in [0.15, 0.2) is 5.38 Å². The SMILES string of the molecule is Cc1nc(CN(C)C(CN)C2CCC2)cs1. The van der Waals surface area contributed by atoms with E-state index in [1.165, 1.54) is 25.0 Å². The van der Waals surface area contributed by atoms with Gasteiger partial charge in [0.2, 0.25) is 0 Å². The summed E-state index contributed by atoms with van der Waals surface area (Å²) in [5.74, 6) is 0.815. The number of aryl methyl sites for hydroxylation is 1. The van der Waals surface area contributed by atoms with Crippen molar-refractivity contribution in [1.29, 1.82) is 0 Å². The monoisotopic (exact) mass is 239 g/mol. The molecule has 0 bridgehead atoms. The lowest BCUT2D eigenvalue weighted by Crippen LogP contribution is -2.45. The standard InChI is InChI=1S/C12H21N3S/c1-9-14-11(8-16-9)7-15(2)12(6-13)10-4-3-5-10/h8,10,12H,3-7,13H2,1-2H3. The summed E-state index contributed by atoms with van der Waals surface area (Å²) in [6, 6.07) is 0.538. The molecule has 0 aromatic carbocycles. The third-order valence-electron chi connectivity index (χ3n) is 3.58. The molecule has 1 aliphatic carbocycles. The molecule has 1 unspecified atom stereocenters. The number of hydrogen-bond acceptors (Lipinski definition) is 4. The van der Waals surface area contributed by atoms with Gasteiger partial charge in [0.1, 0.15) is 0 Å². The Bertz CT molecular complexity index is 333. The molecule has 2 rings (SSSR count). The molecule has 1 aliphatic rings. The lowest BCUT2D eigenvalue weighted by atomic mass is 9.79. The molecule has 1 aromatic rings. The van der Waals surface area contributed by atoms with E-state index in [1.807, 2.05) is 0 Å². The fraction of sp³-hybridized carbons (Fsp3) is 0.750. The summed E-state index contributed by atoms with van der Waals surface area (Å²) in [5.41, 5.74) is 7.07. The summed E-state index contributed by atoms with van der Waals surface area (Å²) >= 11 is 1.72. The number of rotatable bonds is 5. The van der Waals surface area contributed by atoms with Crippen LogP contribution in [0.3, 0.4) is 0 Å². The zero-order valence-corrected chi connectivity index (χ0v) is 11.0. The van der Waals surface area contributed by atoms with E-state index in [0.717, 1.165) is 24.0 Å². The number of likely N-dealkylation sites (N-methyl/N-ethyl adjacent to an activating group) is 1. The average Bonchev–Trinajstić information content (AvgIpc) is 2.56. The molecule has 0 spiro atoms. The van der Waals surface area contributed by atoms with Gasteiger partial charge in [-0.2, -0.15) is 0 Å². The number of nitrogens with zero attached hydrogens (tertiary/aromatic N) is 2. The summed E-state index contributed by atoms with van der Waals surface area (Å²) in [6.45, 7) is 3.76. The van der Waals surface area contributed by atoms with E-state index in [0.29, 0.717) is 6.04 Å². The Balaban J connectivity index is 1.92. The summed E-state index contributed by atoms with van der Waals surface area (Å²) in [6.07, 6.45) is 4.08. The van der Waals surface area contributed by atoms with Crippen LogP contribution in [0.4, 0.5) is 0 Å². The Kier molecular flexibility index (Phi) is 3.95. The maximum atomic E-state index is 5.88. The lowest BCUT2D eigenvalue weighted by molar-refractivity contribution is 0.117. The van der Waals surface area contributed by atoms with Crippen molar-refractivity contribution in [1.82, 2.24) is 9.88 Å². The molecule has 0 saturated heterocycles. The van der Waals surface area contributed by atoms with Crippen LogP contribution in [0.2, 0.25) is 0 Å². The summed E-state index contributed by atoms with van der Waals surface area (Å²) in [5, 5.41) is 3.30. The van der Waals surface area contributed by atoms with Crippen molar-refractivity contribution in [2.24, 2.45) is 11.7 Å². The Morgan fingerprint density at radius 2 is 2.38 bits per heavy atom. The molecule has 1 heterocycles. The second-order valence-corrected chi connectivity index (χ2v) is 5.83. The van der Waals surface area contributed by atoms with Crippen LogP contribution in [0, 0.1) is 12.8 Å². The van der Waals surface area contributed by atoms with Crippen molar-refractivity contribution >= 4 is 11.3 Å². The van der Waals surface area contributed by atoms with E-state index >= 15 is 0 Å². The van der Waals surface area contributed by atoms with E-state index in [2.05, 4.69) is 29.2 Å². The third-order valence-corrected chi connectivity index (χ3v) is 4.40. The van der Waals surface area contributed by atoms with E-state index in [9.17, 15) is 0 Å². The van der Waals surface area contributed by atoms with Crippen LogP contribution in [0.25, 0.3) is 0 Å². The number of nitrogens with two attached hydrogens (primary N) is 1. The van der Waals surface area contributed by atoms with Crippen LogP contribution in [0.5, 0.6) is 0 Å². The third kappa shape index (κ3) is 2.62. The van der Waals surface area contributed by atoms with E-state index in [1.54, 1.807) is 11.3 Å². The molecule has 4 heteroatoms. The first-order valence-corrected chi connectivity index (χ1v) is 6.90. The normalized spacial score (nSPS) is 18.8. The van der Waals surface area contributed by atoms with Crippen molar-refractivity contribution < 1.29 is 0 Å². The van der Waals surface area contributed by atoms with E-state index in [4.69, 9.17) is 5.73 Å². The van der Waals surface area contributed by atoms with Gasteiger partial charge in [-0.05, 0) is 32.7 Å². The molecular weight excluding hydrogens is 218 g/mol. The van der Waals surface area contributed by atoms with Crippen LogP contribution in [-0.4, -0.2) is 29.5 Å². The van der Waals surface area contributed by atoms with E-state index < -0.39 is 0 Å². The molecule has 3 nitrogen and oxygen atoms in total. The first-order chi connectivity index (χ1) is 7.70. The number of aromatic nitrogens is 1. The molecule has 1 atom stereocenters. The molecule has 2 N–H and O–H groups in total. The van der Waals surface area contributed by atoms with Gasteiger partial charge >= 0.3 is 0 Å². The fourth-order valence-electron chi connectivity index (χ4n) is 2.41. The Hall–Kier alpha value is -0.450. The zero-order valence-electron chi connectivity index (χ0n) is 10.1. The topological polar surface area (TPSA) is 42.2 Å². The van der Waals surface area contributed by atoms with Crippen molar-refractivity contribution in [3.05, 3.63) is 16.1 Å². The second-order valence-electron chi connectivity index (χ2n) is 4.77. The largest absolute Gasteiger partial charge is 0.329 e. The second kappa shape index (κ2) is 5.25. The highest BCUT2D eigenvalue weighted by Crippen LogP contribution is 2.31. The van der Waals surface area contributed by atoms with Crippen LogP contribution in [0.1, 0.15) is 30.0 Å². The van der Waals surface area contributed by atoms with Gasteiger partial charge in [-0.15, -0.1) is 11.3 Å². The molecule has 90 valence electrons. The van der Waals surface area contributed by atoms with Gasteiger partial charge in [0, 0.05) is 24.5 Å². The molecule has 1 fully saturated rings. The first kappa shape index (κ1) is 12.0. The van der Waals surface area contributed by atoms with E-state index in [-0.39, 0.29) is 0 Å². The molecule has 16 heavy (non-hydrogen) atoms. The molecule has 1 aromatic heterocycles. The average molecular weight is 239 g/mol. The minimum absolute atomic E-state index is 0.538. The predicted molar refractivity (Wildman–Crippen MR) is 68.5 cm³/mol. The zero-order chi connectivity index (χ0) is 11.5. The van der Waals surface area contributed by atoms with Crippen LogP contribution < -0.4 is 5.73 Å². The minimum Gasteiger partial charge on any atom is -0.329 e. The lowest BCUT2D eigenvalue weighted by Gasteiger charge is -2.38. The van der Waals surface area contributed by atoms with Gasteiger partial charge in [-0.3, -0.25) is 4.90 Å². The molecule has 0 radical (unpaired) electrons. The Morgan fingerprint density at radius 3 is 2.81 bits per heavy atom. The van der Waals surface area contributed by atoms with Crippen molar-refractivity contribution in [3.63, 3.8) is 0 Å². The Morgan fingerprint density at radius 1 is 1.62 bits per heavy atom. The highest BCUT2D eigenvalue weighted by molar-refractivity contribution is 7.09. The molecule has 0 amide bonds. The van der Waals surface area contributed by atoms with Gasteiger partial charge in [0.15, 0.2) is 0 Å². The van der Waals surface area contributed by atoms with Crippen LogP contribution >= 0.6 is 11.3 Å². The van der Waals surface area contributed by atoms with Gasteiger partial charge in [0.25, 0.3) is 0 Å². The summed E-state index contributed by atoms with van der Waals surface area (Å²) in [7, 11) is 2.17. The minimum atomic E-state index is 0.538. The predicted octanol–water partition coefficient (Wildman–Crippen LogP) is 2.01. The Labute approximate surface area is 102 Å². The highest BCUT2D eigenvalue weighted by Gasteiger charge is 2.29. The maximum Gasteiger partial charge on any atom is 0.0897 e. The molecule has 1 saturated carbocycles. The van der Waals surface area contributed by atoms with Crippen molar-refractivity contribution in [2.75, 3.05) is 13.6 Å². The number of thiazole rings is 1. The highest BCUT2D eigenvalue weighted by atomic mass is 32.1. The summed E-state index contributed by atoms with van der Waals surface area (Å²) < 4.78 is 0. The van der Waals surface area contributed by atoms with Crippen molar-refractivity contribution in [3.8, 4) is 0 Å². The molecular formula is C12H21N3S. The fourth-order valence-corrected chi connectivity index (χ4v) is 3.01. The summed E-state index contributed by atoms with van der Waals surface area (Å²) in [4.78, 5) is 6.88. The molecule has 0 aliphatic heterocycles. The van der Waals surface area contributed by atoms with Crippen molar-refractivity contribution in [2.45, 2.75) is 38.8 Å². The van der Waals surface area contributed by atoms with Gasteiger partial charge in [-0.1, -0.05) is 6.42 Å². The smallest absolute Gasteiger partial charge is 0.0897 e.